The summed E-state index contributed by atoms with van der Waals surface area (Å²) >= 11 is 0. The Hall–Kier alpha value is -3.02. The van der Waals surface area contributed by atoms with E-state index in [0.29, 0.717) is 5.56 Å². The number of fused-ring (bicyclic) bond motifs is 3. The van der Waals surface area contributed by atoms with E-state index in [9.17, 15) is 20.3 Å². The number of hydrogen-bond acceptors (Lipinski definition) is 5. The fraction of sp³-hybridized carbons (Fsp3) is 0.222. The number of nitro groups is 1. The van der Waals surface area contributed by atoms with Crippen LogP contribution in [-0.2, 0) is 0 Å². The molecule has 24 heavy (non-hydrogen) atoms. The van der Waals surface area contributed by atoms with Gasteiger partial charge in [-0.2, -0.15) is 0 Å². The molecule has 3 unspecified atom stereocenters. The second-order valence-corrected chi connectivity index (χ2v) is 6.25. The van der Waals surface area contributed by atoms with Gasteiger partial charge in [-0.1, -0.05) is 12.2 Å². The first-order valence-electron chi connectivity index (χ1n) is 7.78. The molecule has 4 rings (SSSR count). The van der Waals surface area contributed by atoms with E-state index >= 15 is 0 Å². The lowest BCUT2D eigenvalue weighted by Gasteiger charge is -2.37. The van der Waals surface area contributed by atoms with Gasteiger partial charge < -0.3 is 15.5 Å². The van der Waals surface area contributed by atoms with E-state index in [2.05, 4.69) is 17.5 Å². The fourth-order valence-electron chi connectivity index (χ4n) is 3.79. The molecule has 2 aromatic carbocycles. The van der Waals surface area contributed by atoms with E-state index in [1.165, 1.54) is 18.2 Å². The van der Waals surface area contributed by atoms with Crippen LogP contribution in [0.5, 0.6) is 11.5 Å². The van der Waals surface area contributed by atoms with E-state index < -0.39 is 4.92 Å². The summed E-state index contributed by atoms with van der Waals surface area (Å²) in [5.74, 6) is 0.501. The molecule has 6 heteroatoms. The Labute approximate surface area is 138 Å². The topological polar surface area (TPSA) is 95.6 Å². The number of nitrogens with zero attached hydrogens (tertiary/aromatic N) is 1. The number of anilines is 1. The highest BCUT2D eigenvalue weighted by molar-refractivity contribution is 5.62. The highest BCUT2D eigenvalue weighted by Gasteiger charge is 2.39. The number of rotatable bonds is 2. The van der Waals surface area contributed by atoms with Gasteiger partial charge in [-0.15, -0.1) is 0 Å². The van der Waals surface area contributed by atoms with Crippen molar-refractivity contribution in [3.8, 4) is 11.5 Å². The van der Waals surface area contributed by atoms with E-state index in [1.807, 2.05) is 0 Å². The van der Waals surface area contributed by atoms with Gasteiger partial charge >= 0.3 is 0 Å². The molecule has 3 atom stereocenters. The molecule has 2 aromatic rings. The Morgan fingerprint density at radius 3 is 2.75 bits per heavy atom. The van der Waals surface area contributed by atoms with Gasteiger partial charge in [-0.05, 0) is 42.2 Å². The number of allylic oxidation sites excluding steroid dienone is 2. The standard InChI is InChI=1S/C18H16N2O4/c21-11-5-6-16-14(9-11)12-2-1-3-13(12)18(19-16)15-8-10(20(23)24)4-7-17(15)22/h1-2,4-9,12-13,18-19,21-22H,3H2. The molecule has 0 bridgehead atoms. The first-order valence-corrected chi connectivity index (χ1v) is 7.78. The van der Waals surface area contributed by atoms with Crippen molar-refractivity contribution in [2.45, 2.75) is 18.4 Å². The quantitative estimate of drug-likeness (QED) is 0.338. The summed E-state index contributed by atoms with van der Waals surface area (Å²) in [7, 11) is 0. The summed E-state index contributed by atoms with van der Waals surface area (Å²) in [6.07, 6.45) is 4.99. The Balaban J connectivity index is 1.81. The van der Waals surface area contributed by atoms with Crippen molar-refractivity contribution in [2.24, 2.45) is 5.92 Å². The molecule has 1 aliphatic carbocycles. The van der Waals surface area contributed by atoms with Gasteiger partial charge in [0.25, 0.3) is 5.69 Å². The maximum absolute atomic E-state index is 11.1. The zero-order valence-electron chi connectivity index (χ0n) is 12.7. The van der Waals surface area contributed by atoms with E-state index in [0.717, 1.165) is 17.7 Å². The first kappa shape index (κ1) is 14.6. The molecule has 1 aliphatic heterocycles. The lowest BCUT2D eigenvalue weighted by Crippen LogP contribution is -2.29. The van der Waals surface area contributed by atoms with Crippen LogP contribution in [0, 0.1) is 16.0 Å². The number of non-ortho nitro benzene ring substituents is 1. The monoisotopic (exact) mass is 324 g/mol. The largest absolute Gasteiger partial charge is 0.508 e. The first-order chi connectivity index (χ1) is 11.5. The van der Waals surface area contributed by atoms with Crippen LogP contribution in [0.2, 0.25) is 0 Å². The van der Waals surface area contributed by atoms with Crippen molar-refractivity contribution >= 4 is 11.4 Å². The number of benzene rings is 2. The molecule has 0 spiro atoms. The van der Waals surface area contributed by atoms with Gasteiger partial charge in [-0.3, -0.25) is 10.1 Å². The molecule has 0 fully saturated rings. The molecule has 0 saturated carbocycles. The van der Waals surface area contributed by atoms with Crippen LogP contribution in [-0.4, -0.2) is 15.1 Å². The van der Waals surface area contributed by atoms with Crippen LogP contribution in [0.4, 0.5) is 11.4 Å². The van der Waals surface area contributed by atoms with Gasteiger partial charge in [-0.25, -0.2) is 0 Å². The van der Waals surface area contributed by atoms with Crippen LogP contribution >= 0.6 is 0 Å². The maximum Gasteiger partial charge on any atom is 0.270 e. The lowest BCUT2D eigenvalue weighted by atomic mass is 9.76. The van der Waals surface area contributed by atoms with Gasteiger partial charge in [0.1, 0.15) is 11.5 Å². The predicted molar refractivity (Wildman–Crippen MR) is 89.2 cm³/mol. The number of nitro benzene ring substituents is 1. The van der Waals surface area contributed by atoms with Gasteiger partial charge in [0, 0.05) is 29.3 Å². The molecule has 122 valence electrons. The second-order valence-electron chi connectivity index (χ2n) is 6.25. The molecule has 0 aromatic heterocycles. The predicted octanol–water partition coefficient (Wildman–Crippen LogP) is 3.83. The zero-order chi connectivity index (χ0) is 16.8. The lowest BCUT2D eigenvalue weighted by molar-refractivity contribution is -0.385. The highest BCUT2D eigenvalue weighted by atomic mass is 16.6. The van der Waals surface area contributed by atoms with Crippen molar-refractivity contribution in [1.82, 2.24) is 0 Å². The smallest absolute Gasteiger partial charge is 0.270 e. The minimum Gasteiger partial charge on any atom is -0.508 e. The third kappa shape index (κ3) is 2.19. The Morgan fingerprint density at radius 1 is 1.12 bits per heavy atom. The molecular formula is C18H16N2O4. The van der Waals surface area contributed by atoms with Crippen molar-refractivity contribution in [3.05, 3.63) is 69.8 Å². The van der Waals surface area contributed by atoms with Crippen molar-refractivity contribution in [2.75, 3.05) is 5.32 Å². The minimum atomic E-state index is -0.456. The van der Waals surface area contributed by atoms with Crippen LogP contribution in [0.3, 0.4) is 0 Å². The van der Waals surface area contributed by atoms with E-state index in [1.54, 1.807) is 18.2 Å². The summed E-state index contributed by atoms with van der Waals surface area (Å²) in [5.41, 5.74) is 2.37. The number of phenols is 2. The van der Waals surface area contributed by atoms with Crippen LogP contribution in [0.25, 0.3) is 0 Å². The number of phenolic OH excluding ortho intramolecular Hbond substituents is 2. The molecule has 0 amide bonds. The van der Waals surface area contributed by atoms with Crippen LogP contribution in [0.15, 0.2) is 48.6 Å². The SMILES string of the molecule is O=[N+]([O-])c1ccc(O)c(C2Nc3ccc(O)cc3C3C=CCC32)c1. The zero-order valence-corrected chi connectivity index (χ0v) is 12.7. The molecule has 0 radical (unpaired) electrons. The fourth-order valence-corrected chi connectivity index (χ4v) is 3.79. The number of nitrogens with one attached hydrogen (secondary N) is 1. The van der Waals surface area contributed by atoms with Crippen molar-refractivity contribution in [1.29, 1.82) is 0 Å². The Kier molecular flexibility index (Phi) is 3.19. The molecule has 6 nitrogen and oxygen atoms in total. The molecule has 1 heterocycles. The van der Waals surface area contributed by atoms with Gasteiger partial charge in [0.05, 0.1) is 11.0 Å². The van der Waals surface area contributed by atoms with E-state index in [-0.39, 0.29) is 35.1 Å². The number of aromatic hydroxyl groups is 2. The van der Waals surface area contributed by atoms with Crippen molar-refractivity contribution in [3.63, 3.8) is 0 Å². The Morgan fingerprint density at radius 2 is 1.96 bits per heavy atom. The molecule has 3 N–H and O–H groups in total. The summed E-state index contributed by atoms with van der Waals surface area (Å²) in [6.45, 7) is 0. The second kappa shape index (κ2) is 5.26. The van der Waals surface area contributed by atoms with Crippen molar-refractivity contribution < 1.29 is 15.1 Å². The average molecular weight is 324 g/mol. The molecular weight excluding hydrogens is 308 g/mol. The average Bonchev–Trinajstić information content (AvgIpc) is 3.04. The van der Waals surface area contributed by atoms with Crippen LogP contribution < -0.4 is 5.32 Å². The maximum atomic E-state index is 11.1. The third-order valence-electron chi connectivity index (χ3n) is 4.90. The normalized spacial score (nSPS) is 24.1. The third-order valence-corrected chi connectivity index (χ3v) is 4.90. The van der Waals surface area contributed by atoms with Crippen LogP contribution in [0.1, 0.15) is 29.5 Å². The van der Waals surface area contributed by atoms with E-state index in [4.69, 9.17) is 0 Å². The minimum absolute atomic E-state index is 0.0383. The highest BCUT2D eigenvalue weighted by Crippen LogP contribution is 2.51. The number of hydrogen-bond donors (Lipinski definition) is 3. The molecule has 0 saturated heterocycles. The summed E-state index contributed by atoms with van der Waals surface area (Å²) in [4.78, 5) is 10.6. The molecule has 2 aliphatic rings. The summed E-state index contributed by atoms with van der Waals surface area (Å²) in [6, 6.07) is 9.04. The summed E-state index contributed by atoms with van der Waals surface area (Å²) in [5, 5.41) is 34.5. The summed E-state index contributed by atoms with van der Waals surface area (Å²) < 4.78 is 0. The Bertz CT molecular complexity index is 862. The van der Waals surface area contributed by atoms with Gasteiger partial charge in [0.2, 0.25) is 0 Å². The van der Waals surface area contributed by atoms with Gasteiger partial charge in [0.15, 0.2) is 0 Å².